The van der Waals surface area contributed by atoms with Crippen molar-refractivity contribution in [3.63, 3.8) is 0 Å². The van der Waals surface area contributed by atoms with E-state index in [4.69, 9.17) is 4.74 Å². The molecule has 0 fully saturated rings. The molecule has 1 unspecified atom stereocenters. The number of nitro benzene ring substituents is 1. The Bertz CT molecular complexity index is 872. The molecule has 0 saturated carbocycles. The van der Waals surface area contributed by atoms with Gasteiger partial charge in [-0.25, -0.2) is 0 Å². The third-order valence-corrected chi connectivity index (χ3v) is 4.30. The molecular weight excluding hydrogens is 292 g/mol. The van der Waals surface area contributed by atoms with Crippen molar-refractivity contribution in [3.8, 4) is 5.75 Å². The number of nitro groups is 1. The van der Waals surface area contributed by atoms with Crippen LogP contribution in [0.5, 0.6) is 5.75 Å². The maximum atomic E-state index is 10.9. The fraction of sp³-hybridized carbons (Fsp3) is 0.111. The smallest absolute Gasteiger partial charge is 0.270 e. The van der Waals surface area contributed by atoms with Gasteiger partial charge < -0.3 is 9.64 Å². The summed E-state index contributed by atoms with van der Waals surface area (Å²) in [5.41, 5.74) is 2.27. The van der Waals surface area contributed by atoms with E-state index in [2.05, 4.69) is 11.0 Å². The van der Waals surface area contributed by atoms with Gasteiger partial charge in [0.15, 0.2) is 0 Å². The second-order valence-corrected chi connectivity index (χ2v) is 5.62. The molecular formula is C18H14N2O3. The summed E-state index contributed by atoms with van der Waals surface area (Å²) in [6.07, 6.45) is 7.83. The van der Waals surface area contributed by atoms with Crippen LogP contribution in [0.3, 0.4) is 0 Å². The lowest BCUT2D eigenvalue weighted by Gasteiger charge is -2.43. The van der Waals surface area contributed by atoms with Crippen molar-refractivity contribution >= 4 is 23.5 Å². The predicted octanol–water partition coefficient (Wildman–Crippen LogP) is 3.86. The first-order valence-corrected chi connectivity index (χ1v) is 7.28. The van der Waals surface area contributed by atoms with Gasteiger partial charge in [-0.1, -0.05) is 24.3 Å². The highest BCUT2D eigenvalue weighted by Gasteiger charge is 2.38. The Hall–Kier alpha value is -3.08. The van der Waals surface area contributed by atoms with Crippen molar-refractivity contribution in [3.05, 3.63) is 75.9 Å². The fourth-order valence-corrected chi connectivity index (χ4v) is 3.00. The van der Waals surface area contributed by atoms with Gasteiger partial charge >= 0.3 is 0 Å². The van der Waals surface area contributed by atoms with Crippen LogP contribution in [0.15, 0.2) is 54.6 Å². The van der Waals surface area contributed by atoms with Crippen LogP contribution in [0, 0.1) is 10.1 Å². The van der Waals surface area contributed by atoms with E-state index in [1.807, 2.05) is 49.6 Å². The first-order chi connectivity index (χ1) is 11.1. The minimum absolute atomic E-state index is 0.0610. The quantitative estimate of drug-likeness (QED) is 0.593. The maximum absolute atomic E-state index is 10.9. The molecule has 0 bridgehead atoms. The number of benzene rings is 2. The van der Waals surface area contributed by atoms with Gasteiger partial charge in [0, 0.05) is 30.4 Å². The van der Waals surface area contributed by atoms with Crippen LogP contribution in [0.2, 0.25) is 0 Å². The highest BCUT2D eigenvalue weighted by Crippen LogP contribution is 2.40. The van der Waals surface area contributed by atoms with E-state index in [1.54, 1.807) is 6.07 Å². The van der Waals surface area contributed by atoms with Crippen LogP contribution in [0.4, 0.5) is 11.4 Å². The van der Waals surface area contributed by atoms with E-state index < -0.39 is 10.6 Å². The lowest BCUT2D eigenvalue weighted by atomic mass is 9.97. The summed E-state index contributed by atoms with van der Waals surface area (Å²) in [5, 5.41) is 10.9. The van der Waals surface area contributed by atoms with E-state index in [0.29, 0.717) is 11.3 Å². The van der Waals surface area contributed by atoms with Gasteiger partial charge in [-0.05, 0) is 35.9 Å². The zero-order valence-corrected chi connectivity index (χ0v) is 12.5. The average molecular weight is 306 g/mol. The molecule has 2 aliphatic rings. The number of non-ortho nitro benzene ring substituents is 1. The highest BCUT2D eigenvalue weighted by atomic mass is 16.6. The topological polar surface area (TPSA) is 55.6 Å². The maximum Gasteiger partial charge on any atom is 0.270 e. The average Bonchev–Trinajstić information content (AvgIpc) is 2.58. The Kier molecular flexibility index (Phi) is 2.78. The van der Waals surface area contributed by atoms with E-state index in [0.717, 1.165) is 11.3 Å². The third-order valence-electron chi connectivity index (χ3n) is 4.30. The molecule has 1 atom stereocenters. The largest absolute Gasteiger partial charge is 0.460 e. The standard InChI is InChI=1S/C18H14N2O3/c1-19-16-5-3-2-4-13(16)8-10-18(19)11-9-14-12-15(20(21)22)6-7-17(14)23-18/h2-12H,1H3. The summed E-state index contributed by atoms with van der Waals surface area (Å²) in [6.45, 7) is 0. The molecule has 1 spiro atoms. The lowest BCUT2D eigenvalue weighted by Crippen LogP contribution is -2.51. The number of nitrogens with zero attached hydrogens (tertiary/aromatic N) is 2. The highest BCUT2D eigenvalue weighted by molar-refractivity contribution is 5.76. The van der Waals surface area contributed by atoms with Crippen LogP contribution in [-0.2, 0) is 0 Å². The van der Waals surface area contributed by atoms with E-state index >= 15 is 0 Å². The van der Waals surface area contributed by atoms with E-state index in [1.165, 1.54) is 12.1 Å². The summed E-state index contributed by atoms with van der Waals surface area (Å²) in [5.74, 6) is 0.633. The second-order valence-electron chi connectivity index (χ2n) is 5.62. The summed E-state index contributed by atoms with van der Waals surface area (Å²) >= 11 is 0. The molecule has 5 heteroatoms. The van der Waals surface area contributed by atoms with E-state index in [9.17, 15) is 10.1 Å². The first kappa shape index (κ1) is 13.6. The Balaban J connectivity index is 1.76. The minimum atomic E-state index is -0.711. The number of ether oxygens (including phenoxy) is 1. The second kappa shape index (κ2) is 4.71. The predicted molar refractivity (Wildman–Crippen MR) is 89.4 cm³/mol. The van der Waals surface area contributed by atoms with Gasteiger partial charge in [-0.15, -0.1) is 0 Å². The van der Waals surface area contributed by atoms with Crippen molar-refractivity contribution in [1.29, 1.82) is 0 Å². The van der Waals surface area contributed by atoms with Gasteiger partial charge in [0.05, 0.1) is 4.92 Å². The first-order valence-electron chi connectivity index (χ1n) is 7.28. The van der Waals surface area contributed by atoms with Crippen molar-refractivity contribution < 1.29 is 9.66 Å². The third kappa shape index (κ3) is 2.01. The fourth-order valence-electron chi connectivity index (χ4n) is 3.00. The van der Waals surface area contributed by atoms with Crippen molar-refractivity contribution in [2.75, 3.05) is 11.9 Å². The number of hydrogen-bond donors (Lipinski definition) is 0. The number of para-hydroxylation sites is 1. The molecule has 2 heterocycles. The molecule has 0 aliphatic carbocycles. The SMILES string of the molecule is CN1c2ccccc2C=CC12C=Cc1cc([N+](=O)[O-])ccc1O2. The Morgan fingerprint density at radius 3 is 2.61 bits per heavy atom. The Morgan fingerprint density at radius 1 is 1.09 bits per heavy atom. The molecule has 0 aromatic heterocycles. The summed E-state index contributed by atoms with van der Waals surface area (Å²) in [7, 11) is 1.98. The minimum Gasteiger partial charge on any atom is -0.460 e. The van der Waals surface area contributed by atoms with E-state index in [-0.39, 0.29) is 5.69 Å². The van der Waals surface area contributed by atoms with Gasteiger partial charge in [-0.2, -0.15) is 0 Å². The molecule has 114 valence electrons. The van der Waals surface area contributed by atoms with Crippen molar-refractivity contribution in [2.24, 2.45) is 0 Å². The molecule has 0 amide bonds. The van der Waals surface area contributed by atoms with Gasteiger partial charge in [0.25, 0.3) is 5.69 Å². The molecule has 2 aliphatic heterocycles. The zero-order valence-electron chi connectivity index (χ0n) is 12.5. The molecule has 5 nitrogen and oxygen atoms in total. The molecule has 23 heavy (non-hydrogen) atoms. The Morgan fingerprint density at radius 2 is 1.83 bits per heavy atom. The molecule has 2 aromatic carbocycles. The summed E-state index contributed by atoms with van der Waals surface area (Å²) in [4.78, 5) is 12.5. The van der Waals surface area contributed by atoms with Crippen molar-refractivity contribution in [1.82, 2.24) is 0 Å². The van der Waals surface area contributed by atoms with Gasteiger partial charge in [0.1, 0.15) is 5.75 Å². The number of anilines is 1. The number of hydrogen-bond acceptors (Lipinski definition) is 4. The summed E-state index contributed by atoms with van der Waals surface area (Å²) < 4.78 is 6.19. The van der Waals surface area contributed by atoms with Crippen LogP contribution in [-0.4, -0.2) is 17.7 Å². The molecule has 0 saturated heterocycles. The summed E-state index contributed by atoms with van der Waals surface area (Å²) in [6, 6.07) is 12.7. The van der Waals surface area contributed by atoms with Crippen molar-refractivity contribution in [2.45, 2.75) is 5.72 Å². The van der Waals surface area contributed by atoms with Gasteiger partial charge in [0.2, 0.25) is 5.72 Å². The number of likely N-dealkylation sites (N-methyl/N-ethyl adjacent to an activating group) is 1. The number of rotatable bonds is 1. The molecule has 4 rings (SSSR count). The van der Waals surface area contributed by atoms with Crippen LogP contribution in [0.25, 0.3) is 12.2 Å². The van der Waals surface area contributed by atoms with Crippen LogP contribution >= 0.6 is 0 Å². The molecule has 0 radical (unpaired) electrons. The Labute approximate surface area is 133 Å². The van der Waals surface area contributed by atoms with Crippen LogP contribution in [0.1, 0.15) is 11.1 Å². The molecule has 2 aromatic rings. The van der Waals surface area contributed by atoms with Gasteiger partial charge in [-0.3, -0.25) is 10.1 Å². The monoisotopic (exact) mass is 306 g/mol. The lowest BCUT2D eigenvalue weighted by molar-refractivity contribution is -0.384. The number of fused-ring (bicyclic) bond motifs is 2. The normalized spacial score (nSPS) is 20.8. The molecule has 0 N–H and O–H groups in total. The van der Waals surface area contributed by atoms with Crippen LogP contribution < -0.4 is 9.64 Å². The zero-order chi connectivity index (χ0) is 16.0.